The Morgan fingerprint density at radius 1 is 0.960 bits per heavy atom. The van der Waals surface area contributed by atoms with Gasteiger partial charge >= 0.3 is 5.97 Å². The summed E-state index contributed by atoms with van der Waals surface area (Å²) in [6.07, 6.45) is 0.593. The highest BCUT2D eigenvalue weighted by molar-refractivity contribution is 5.98. The van der Waals surface area contributed by atoms with Gasteiger partial charge in [0.25, 0.3) is 5.91 Å². The first-order valence-electron chi connectivity index (χ1n) is 7.84. The van der Waals surface area contributed by atoms with E-state index in [-0.39, 0.29) is 19.1 Å². The van der Waals surface area contributed by atoms with E-state index in [1.807, 2.05) is 24.3 Å². The van der Waals surface area contributed by atoms with Crippen LogP contribution >= 0.6 is 0 Å². The Morgan fingerprint density at radius 2 is 1.68 bits per heavy atom. The van der Waals surface area contributed by atoms with E-state index in [1.165, 1.54) is 7.11 Å². The maximum atomic E-state index is 12.1. The zero-order chi connectivity index (χ0) is 18.1. The Hall–Kier alpha value is -3.02. The molecule has 2 aromatic rings. The van der Waals surface area contributed by atoms with Gasteiger partial charge in [-0.15, -0.1) is 0 Å². The lowest BCUT2D eigenvalue weighted by Crippen LogP contribution is -2.31. The molecular formula is C19H21NO5. The van der Waals surface area contributed by atoms with E-state index in [1.54, 1.807) is 31.4 Å². The number of carbonyl (C=O) groups is 2. The Kier molecular flexibility index (Phi) is 6.83. The molecule has 1 amide bonds. The third kappa shape index (κ3) is 5.53. The highest BCUT2D eigenvalue weighted by Crippen LogP contribution is 2.16. The van der Waals surface area contributed by atoms with E-state index >= 15 is 0 Å². The first-order valence-corrected chi connectivity index (χ1v) is 7.84. The van der Waals surface area contributed by atoms with Crippen LogP contribution in [0.25, 0.3) is 0 Å². The Labute approximate surface area is 146 Å². The second-order valence-corrected chi connectivity index (χ2v) is 5.20. The smallest absolute Gasteiger partial charge is 0.325 e. The molecule has 0 saturated carbocycles. The summed E-state index contributed by atoms with van der Waals surface area (Å²) >= 11 is 0. The topological polar surface area (TPSA) is 73.9 Å². The number of ether oxygens (including phenoxy) is 3. The normalized spacial score (nSPS) is 10.0. The Bertz CT molecular complexity index is 712. The van der Waals surface area contributed by atoms with E-state index in [0.717, 1.165) is 11.3 Å². The molecule has 0 saturated heterocycles. The summed E-state index contributed by atoms with van der Waals surface area (Å²) in [5.74, 6) is 0.356. The average molecular weight is 343 g/mol. The number of rotatable bonds is 8. The zero-order valence-corrected chi connectivity index (χ0v) is 14.3. The van der Waals surface area contributed by atoms with Gasteiger partial charge < -0.3 is 19.5 Å². The predicted octanol–water partition coefficient (Wildman–Crippen LogP) is 2.22. The molecule has 0 radical (unpaired) electrons. The minimum atomic E-state index is -0.489. The molecule has 0 bridgehead atoms. The molecule has 0 fully saturated rings. The standard InChI is InChI=1S/C19H21NO5/c1-23-15-9-7-14(8-10-15)11-12-25-18(21)13-20-19(22)16-5-3-4-6-17(16)24-2/h3-10H,11-13H2,1-2H3,(H,20,22). The van der Waals surface area contributed by atoms with Gasteiger partial charge in [-0.1, -0.05) is 24.3 Å². The molecule has 0 aliphatic rings. The lowest BCUT2D eigenvalue weighted by molar-refractivity contribution is -0.142. The van der Waals surface area contributed by atoms with Crippen molar-refractivity contribution < 1.29 is 23.8 Å². The van der Waals surface area contributed by atoms with Crippen molar-refractivity contribution >= 4 is 11.9 Å². The van der Waals surface area contributed by atoms with Gasteiger partial charge in [-0.05, 0) is 29.8 Å². The second kappa shape index (κ2) is 9.32. The second-order valence-electron chi connectivity index (χ2n) is 5.20. The Balaban J connectivity index is 1.73. The average Bonchev–Trinajstić information content (AvgIpc) is 2.66. The van der Waals surface area contributed by atoms with Crippen LogP contribution in [-0.4, -0.2) is 39.2 Å². The van der Waals surface area contributed by atoms with E-state index in [0.29, 0.717) is 17.7 Å². The molecule has 2 rings (SSSR count). The molecule has 0 unspecified atom stereocenters. The number of methoxy groups -OCH3 is 2. The number of amides is 1. The van der Waals surface area contributed by atoms with Gasteiger partial charge in [-0.3, -0.25) is 9.59 Å². The minimum Gasteiger partial charge on any atom is -0.497 e. The number of hydrogen-bond acceptors (Lipinski definition) is 5. The first kappa shape index (κ1) is 18.3. The first-order chi connectivity index (χ1) is 12.1. The van der Waals surface area contributed by atoms with Crippen molar-refractivity contribution in [1.82, 2.24) is 5.32 Å². The summed E-state index contributed by atoms with van der Waals surface area (Å²) in [6, 6.07) is 14.3. The van der Waals surface area contributed by atoms with Gasteiger partial charge in [0.1, 0.15) is 18.0 Å². The minimum absolute atomic E-state index is 0.195. The summed E-state index contributed by atoms with van der Waals surface area (Å²) in [4.78, 5) is 23.8. The molecular weight excluding hydrogens is 322 g/mol. The third-order valence-corrected chi connectivity index (χ3v) is 3.56. The molecule has 0 aliphatic heterocycles. The lowest BCUT2D eigenvalue weighted by atomic mass is 10.1. The van der Waals surface area contributed by atoms with Gasteiger partial charge in [0, 0.05) is 6.42 Å². The molecule has 6 nitrogen and oxygen atoms in total. The fourth-order valence-corrected chi connectivity index (χ4v) is 2.21. The van der Waals surface area contributed by atoms with Crippen molar-refractivity contribution in [2.75, 3.05) is 27.4 Å². The molecule has 1 N–H and O–H groups in total. The third-order valence-electron chi connectivity index (χ3n) is 3.56. The van der Waals surface area contributed by atoms with E-state index in [2.05, 4.69) is 5.32 Å². The van der Waals surface area contributed by atoms with Crippen LogP contribution < -0.4 is 14.8 Å². The molecule has 132 valence electrons. The summed E-state index contributed by atoms with van der Waals surface area (Å²) in [7, 11) is 3.09. The molecule has 0 heterocycles. The van der Waals surface area contributed by atoms with Crippen molar-refractivity contribution in [1.29, 1.82) is 0 Å². The molecule has 25 heavy (non-hydrogen) atoms. The van der Waals surface area contributed by atoms with Crippen LogP contribution in [0.2, 0.25) is 0 Å². The van der Waals surface area contributed by atoms with Crippen LogP contribution in [0, 0.1) is 0 Å². The van der Waals surface area contributed by atoms with Gasteiger partial charge in [0.15, 0.2) is 0 Å². The highest BCUT2D eigenvalue weighted by atomic mass is 16.5. The van der Waals surface area contributed by atoms with Crippen LogP contribution in [0.3, 0.4) is 0 Å². The lowest BCUT2D eigenvalue weighted by Gasteiger charge is -2.09. The predicted molar refractivity (Wildman–Crippen MR) is 93.0 cm³/mol. The van der Waals surface area contributed by atoms with Gasteiger partial charge in [0.2, 0.25) is 0 Å². The number of esters is 1. The van der Waals surface area contributed by atoms with Crippen molar-refractivity contribution in [3.05, 3.63) is 59.7 Å². The number of nitrogens with one attached hydrogen (secondary N) is 1. The quantitative estimate of drug-likeness (QED) is 0.744. The highest BCUT2D eigenvalue weighted by Gasteiger charge is 2.13. The largest absolute Gasteiger partial charge is 0.497 e. The van der Waals surface area contributed by atoms with Crippen molar-refractivity contribution in [2.24, 2.45) is 0 Å². The fourth-order valence-electron chi connectivity index (χ4n) is 2.21. The van der Waals surface area contributed by atoms with E-state index < -0.39 is 5.97 Å². The summed E-state index contributed by atoms with van der Waals surface area (Å²) in [6.45, 7) is 0.0508. The maximum absolute atomic E-state index is 12.1. The number of benzene rings is 2. The molecule has 0 aromatic heterocycles. The Morgan fingerprint density at radius 3 is 2.36 bits per heavy atom. The fraction of sp³-hybridized carbons (Fsp3) is 0.263. The molecule has 2 aromatic carbocycles. The molecule has 6 heteroatoms. The number of carbonyl (C=O) groups excluding carboxylic acids is 2. The SMILES string of the molecule is COc1ccc(CCOC(=O)CNC(=O)c2ccccc2OC)cc1. The zero-order valence-electron chi connectivity index (χ0n) is 14.3. The summed E-state index contributed by atoms with van der Waals surface area (Å²) in [5.41, 5.74) is 1.41. The molecule has 0 aliphatic carbocycles. The van der Waals surface area contributed by atoms with Crippen molar-refractivity contribution in [3.8, 4) is 11.5 Å². The van der Waals surface area contributed by atoms with E-state index in [4.69, 9.17) is 14.2 Å². The summed E-state index contributed by atoms with van der Waals surface area (Å²) in [5, 5.41) is 2.53. The monoisotopic (exact) mass is 343 g/mol. The number of hydrogen-bond donors (Lipinski definition) is 1. The van der Waals surface area contributed by atoms with Crippen LogP contribution in [0.5, 0.6) is 11.5 Å². The van der Waals surface area contributed by atoms with Crippen LogP contribution in [0.15, 0.2) is 48.5 Å². The van der Waals surface area contributed by atoms with E-state index in [9.17, 15) is 9.59 Å². The van der Waals surface area contributed by atoms with Gasteiger partial charge in [-0.25, -0.2) is 0 Å². The molecule has 0 spiro atoms. The van der Waals surface area contributed by atoms with Crippen LogP contribution in [0.4, 0.5) is 0 Å². The van der Waals surface area contributed by atoms with Gasteiger partial charge in [0.05, 0.1) is 26.4 Å². The maximum Gasteiger partial charge on any atom is 0.325 e. The summed E-state index contributed by atoms with van der Waals surface area (Å²) < 4.78 is 15.3. The van der Waals surface area contributed by atoms with Crippen molar-refractivity contribution in [3.63, 3.8) is 0 Å². The van der Waals surface area contributed by atoms with Crippen LogP contribution in [0.1, 0.15) is 15.9 Å². The number of para-hydroxylation sites is 1. The molecule has 0 atom stereocenters. The van der Waals surface area contributed by atoms with Crippen LogP contribution in [-0.2, 0) is 16.0 Å². The van der Waals surface area contributed by atoms with Crippen molar-refractivity contribution in [2.45, 2.75) is 6.42 Å². The van der Waals surface area contributed by atoms with Gasteiger partial charge in [-0.2, -0.15) is 0 Å².